The van der Waals surface area contributed by atoms with E-state index in [0.29, 0.717) is 12.1 Å². The lowest BCUT2D eigenvalue weighted by molar-refractivity contribution is 0.0889. The van der Waals surface area contributed by atoms with Gasteiger partial charge < -0.3 is 0 Å². The molecule has 0 heterocycles. The van der Waals surface area contributed by atoms with Crippen LogP contribution in [-0.4, -0.2) is 36.0 Å². The second-order valence-corrected chi connectivity index (χ2v) is 7.16. The fraction of sp³-hybridized carbons (Fsp3) is 0.500. The molecule has 2 atom stereocenters. The fourth-order valence-electron chi connectivity index (χ4n) is 4.13. The molecule has 0 N–H and O–H groups in total. The molecule has 2 rings (SSSR count). The third-order valence-electron chi connectivity index (χ3n) is 5.48. The van der Waals surface area contributed by atoms with E-state index in [1.807, 2.05) is 0 Å². The summed E-state index contributed by atoms with van der Waals surface area (Å²) in [6.45, 7) is 17.7. The normalized spacial score (nSPS) is 14.0. The highest BCUT2D eigenvalue weighted by atomic mass is 15.2. The van der Waals surface area contributed by atoms with Gasteiger partial charge in [0, 0.05) is 0 Å². The Morgan fingerprint density at radius 3 is 1.23 bits per heavy atom. The van der Waals surface area contributed by atoms with Crippen molar-refractivity contribution in [3.63, 3.8) is 0 Å². The number of hydrogen-bond donors (Lipinski definition) is 0. The highest BCUT2D eigenvalue weighted by Crippen LogP contribution is 2.39. The molecule has 0 amide bonds. The SMILES string of the molecule is CCN(CC)C(c1cccc(C)c1)C(c1cccc(C)c1)N(CC)CC. The molecule has 2 unspecified atom stereocenters. The van der Waals surface area contributed by atoms with Crippen LogP contribution in [0.25, 0.3) is 0 Å². The third kappa shape index (κ3) is 4.75. The maximum atomic E-state index is 2.61. The smallest absolute Gasteiger partial charge is 0.0545 e. The van der Waals surface area contributed by atoms with Crippen molar-refractivity contribution in [2.45, 2.75) is 53.6 Å². The van der Waals surface area contributed by atoms with Gasteiger partial charge in [-0.1, -0.05) is 87.4 Å². The molecule has 0 fully saturated rings. The Hall–Kier alpha value is -1.64. The Kier molecular flexibility index (Phi) is 7.86. The van der Waals surface area contributed by atoms with E-state index >= 15 is 0 Å². The molecule has 0 saturated heterocycles. The van der Waals surface area contributed by atoms with Crippen molar-refractivity contribution in [3.05, 3.63) is 70.8 Å². The molecule has 142 valence electrons. The molecular formula is C24H36N2. The first-order chi connectivity index (χ1) is 12.5. The van der Waals surface area contributed by atoms with Crippen LogP contribution in [0.1, 0.15) is 62.0 Å². The maximum Gasteiger partial charge on any atom is 0.0545 e. The minimum Gasteiger partial charge on any atom is -0.295 e. The van der Waals surface area contributed by atoms with Gasteiger partial charge in [-0.3, -0.25) is 9.80 Å². The van der Waals surface area contributed by atoms with Crippen LogP contribution >= 0.6 is 0 Å². The summed E-state index contributed by atoms with van der Waals surface area (Å²) >= 11 is 0. The van der Waals surface area contributed by atoms with Crippen LogP contribution in [0.3, 0.4) is 0 Å². The van der Waals surface area contributed by atoms with Gasteiger partial charge in [-0.2, -0.15) is 0 Å². The second kappa shape index (κ2) is 9.89. The van der Waals surface area contributed by atoms with E-state index in [1.54, 1.807) is 0 Å². The van der Waals surface area contributed by atoms with Crippen molar-refractivity contribution >= 4 is 0 Å². The van der Waals surface area contributed by atoms with Gasteiger partial charge in [0.1, 0.15) is 0 Å². The van der Waals surface area contributed by atoms with E-state index < -0.39 is 0 Å². The van der Waals surface area contributed by atoms with Gasteiger partial charge in [-0.25, -0.2) is 0 Å². The van der Waals surface area contributed by atoms with Crippen molar-refractivity contribution in [2.75, 3.05) is 26.2 Å². The van der Waals surface area contributed by atoms with Crippen LogP contribution in [-0.2, 0) is 0 Å². The number of rotatable bonds is 9. The number of benzene rings is 2. The van der Waals surface area contributed by atoms with Crippen LogP contribution in [0.2, 0.25) is 0 Å². The van der Waals surface area contributed by atoms with Crippen molar-refractivity contribution < 1.29 is 0 Å². The highest BCUT2D eigenvalue weighted by molar-refractivity contribution is 5.32. The van der Waals surface area contributed by atoms with E-state index in [0.717, 1.165) is 26.2 Å². The van der Waals surface area contributed by atoms with E-state index in [1.165, 1.54) is 22.3 Å². The van der Waals surface area contributed by atoms with Gasteiger partial charge in [0.25, 0.3) is 0 Å². The van der Waals surface area contributed by atoms with Crippen LogP contribution < -0.4 is 0 Å². The number of hydrogen-bond acceptors (Lipinski definition) is 2. The lowest BCUT2D eigenvalue weighted by atomic mass is 9.89. The summed E-state index contributed by atoms with van der Waals surface area (Å²) in [4.78, 5) is 5.22. The zero-order valence-corrected chi connectivity index (χ0v) is 17.5. The van der Waals surface area contributed by atoms with Gasteiger partial charge in [0.15, 0.2) is 0 Å². The summed E-state index contributed by atoms with van der Waals surface area (Å²) in [5.41, 5.74) is 5.52. The molecule has 2 heteroatoms. The molecule has 0 aromatic heterocycles. The Balaban J connectivity index is 2.63. The summed E-state index contributed by atoms with van der Waals surface area (Å²) in [5, 5.41) is 0. The minimum atomic E-state index is 0.353. The minimum absolute atomic E-state index is 0.353. The largest absolute Gasteiger partial charge is 0.295 e. The zero-order valence-electron chi connectivity index (χ0n) is 17.5. The molecule has 0 bridgehead atoms. The highest BCUT2D eigenvalue weighted by Gasteiger charge is 2.32. The monoisotopic (exact) mass is 352 g/mol. The molecule has 26 heavy (non-hydrogen) atoms. The van der Waals surface area contributed by atoms with Crippen LogP contribution in [0.4, 0.5) is 0 Å². The Labute approximate surface area is 160 Å². The van der Waals surface area contributed by atoms with E-state index in [9.17, 15) is 0 Å². The quantitative estimate of drug-likeness (QED) is 0.565. The molecule has 0 aliphatic rings. The summed E-state index contributed by atoms with van der Waals surface area (Å²) in [6, 6.07) is 18.9. The Morgan fingerprint density at radius 2 is 0.962 bits per heavy atom. The molecular weight excluding hydrogens is 316 g/mol. The fourth-order valence-corrected chi connectivity index (χ4v) is 4.13. The van der Waals surface area contributed by atoms with Crippen LogP contribution in [0, 0.1) is 13.8 Å². The predicted molar refractivity (Wildman–Crippen MR) is 114 cm³/mol. The predicted octanol–water partition coefficient (Wildman–Crippen LogP) is 5.77. The summed E-state index contributed by atoms with van der Waals surface area (Å²) in [6.07, 6.45) is 0. The third-order valence-corrected chi connectivity index (χ3v) is 5.48. The Morgan fingerprint density at radius 1 is 0.615 bits per heavy atom. The van der Waals surface area contributed by atoms with Crippen molar-refractivity contribution in [1.29, 1.82) is 0 Å². The van der Waals surface area contributed by atoms with Gasteiger partial charge >= 0.3 is 0 Å². The molecule has 0 saturated carbocycles. The molecule has 2 aromatic rings. The van der Waals surface area contributed by atoms with Crippen molar-refractivity contribution in [2.24, 2.45) is 0 Å². The van der Waals surface area contributed by atoms with Gasteiger partial charge in [0.2, 0.25) is 0 Å². The topological polar surface area (TPSA) is 6.48 Å². The van der Waals surface area contributed by atoms with Crippen molar-refractivity contribution in [1.82, 2.24) is 9.80 Å². The standard InChI is InChI=1S/C24H36N2/c1-7-25(8-2)23(21-15-11-13-19(5)17-21)24(26(9-3)10-4)22-16-12-14-20(6)18-22/h11-18,23-24H,7-10H2,1-6H3. The zero-order chi connectivity index (χ0) is 19.1. The number of nitrogens with zero attached hydrogens (tertiary/aromatic N) is 2. The van der Waals surface area contributed by atoms with E-state index in [4.69, 9.17) is 0 Å². The van der Waals surface area contributed by atoms with Crippen molar-refractivity contribution in [3.8, 4) is 0 Å². The molecule has 0 aliphatic heterocycles. The van der Waals surface area contributed by atoms with E-state index in [2.05, 4.69) is 99.9 Å². The number of aryl methyl sites for hydroxylation is 2. The first kappa shape index (κ1) is 20.7. The summed E-state index contributed by atoms with van der Waals surface area (Å²) < 4.78 is 0. The second-order valence-electron chi connectivity index (χ2n) is 7.16. The van der Waals surface area contributed by atoms with Crippen LogP contribution in [0.5, 0.6) is 0 Å². The van der Waals surface area contributed by atoms with E-state index in [-0.39, 0.29) is 0 Å². The molecule has 2 aromatic carbocycles. The maximum absolute atomic E-state index is 2.61. The molecule has 2 nitrogen and oxygen atoms in total. The van der Waals surface area contributed by atoms with Gasteiger partial charge in [-0.05, 0) is 51.2 Å². The lowest BCUT2D eigenvalue weighted by Crippen LogP contribution is -2.41. The molecule has 0 radical (unpaired) electrons. The van der Waals surface area contributed by atoms with Crippen LogP contribution in [0.15, 0.2) is 48.5 Å². The number of likely N-dealkylation sites (N-methyl/N-ethyl adjacent to an activating group) is 2. The average Bonchev–Trinajstić information content (AvgIpc) is 2.64. The summed E-state index contributed by atoms with van der Waals surface area (Å²) in [7, 11) is 0. The molecule has 0 aliphatic carbocycles. The first-order valence-electron chi connectivity index (χ1n) is 10.2. The Bertz CT molecular complexity index is 612. The lowest BCUT2D eigenvalue weighted by Gasteiger charge is -2.42. The van der Waals surface area contributed by atoms with Gasteiger partial charge in [-0.15, -0.1) is 0 Å². The van der Waals surface area contributed by atoms with Gasteiger partial charge in [0.05, 0.1) is 12.1 Å². The molecule has 0 spiro atoms. The summed E-state index contributed by atoms with van der Waals surface area (Å²) in [5.74, 6) is 0. The average molecular weight is 353 g/mol. The first-order valence-corrected chi connectivity index (χ1v) is 10.2.